The van der Waals surface area contributed by atoms with E-state index in [9.17, 15) is 4.79 Å². The Kier molecular flexibility index (Phi) is 4.70. The third-order valence-electron chi connectivity index (χ3n) is 4.93. The number of hydrogen-bond donors (Lipinski definition) is 0. The Morgan fingerprint density at radius 3 is 2.67 bits per heavy atom. The summed E-state index contributed by atoms with van der Waals surface area (Å²) in [5, 5.41) is 5.10. The molecule has 4 rings (SSSR count). The third kappa shape index (κ3) is 3.74. The molecule has 0 saturated carbocycles. The number of rotatable bonds is 3. The third-order valence-corrected chi connectivity index (χ3v) is 5.14. The molecular weight excluding hydrogens is 360 g/mol. The summed E-state index contributed by atoms with van der Waals surface area (Å²) in [6.07, 6.45) is 2.42. The molecular formula is C21H21ClN4O. The van der Waals surface area contributed by atoms with Gasteiger partial charge in [0.05, 0.1) is 17.3 Å². The zero-order chi connectivity index (χ0) is 19.0. The fourth-order valence-corrected chi connectivity index (χ4v) is 3.69. The summed E-state index contributed by atoms with van der Waals surface area (Å²) in [6.45, 7) is 5.97. The first kappa shape index (κ1) is 17.7. The first-order valence-corrected chi connectivity index (χ1v) is 9.40. The number of benzene rings is 1. The molecule has 0 spiro atoms. The Morgan fingerprint density at radius 2 is 1.96 bits per heavy atom. The molecule has 138 valence electrons. The molecule has 6 heteroatoms. The summed E-state index contributed by atoms with van der Waals surface area (Å²) in [7, 11) is 0. The molecule has 27 heavy (non-hydrogen) atoms. The highest BCUT2D eigenvalue weighted by Gasteiger charge is 2.22. The molecule has 0 atom stereocenters. The highest BCUT2D eigenvalue weighted by molar-refractivity contribution is 6.30. The van der Waals surface area contributed by atoms with Crippen molar-refractivity contribution in [2.75, 3.05) is 6.54 Å². The average Bonchev–Trinajstić information content (AvgIpc) is 2.98. The van der Waals surface area contributed by atoms with Crippen LogP contribution in [-0.4, -0.2) is 32.1 Å². The van der Waals surface area contributed by atoms with Crippen molar-refractivity contribution in [2.24, 2.45) is 0 Å². The fraction of sp³-hybridized carbons (Fsp3) is 0.286. The molecule has 0 saturated heterocycles. The zero-order valence-corrected chi connectivity index (χ0v) is 16.2. The quantitative estimate of drug-likeness (QED) is 0.694. The minimum atomic E-state index is 0.0401. The maximum absolute atomic E-state index is 12.9. The van der Waals surface area contributed by atoms with Gasteiger partial charge < -0.3 is 4.90 Å². The number of hydrogen-bond acceptors (Lipinski definition) is 3. The van der Waals surface area contributed by atoms with E-state index >= 15 is 0 Å². The smallest absolute Gasteiger partial charge is 0.254 e. The summed E-state index contributed by atoms with van der Waals surface area (Å²) < 4.78 is 1.98. The molecule has 1 aromatic carbocycles. The lowest BCUT2D eigenvalue weighted by molar-refractivity contribution is 0.0733. The molecule has 3 aromatic rings. The highest BCUT2D eigenvalue weighted by atomic mass is 35.5. The molecule has 5 nitrogen and oxygen atoms in total. The Bertz CT molecular complexity index is 994. The maximum atomic E-state index is 12.9. The van der Waals surface area contributed by atoms with Gasteiger partial charge in [-0.3, -0.25) is 14.5 Å². The van der Waals surface area contributed by atoms with Crippen LogP contribution >= 0.6 is 11.6 Å². The molecule has 3 heterocycles. The van der Waals surface area contributed by atoms with Gasteiger partial charge in [-0.2, -0.15) is 5.10 Å². The number of halogens is 1. The van der Waals surface area contributed by atoms with E-state index in [4.69, 9.17) is 11.6 Å². The van der Waals surface area contributed by atoms with E-state index in [1.165, 1.54) is 0 Å². The number of aryl methyl sites for hydroxylation is 2. The van der Waals surface area contributed by atoms with Gasteiger partial charge in [0.15, 0.2) is 0 Å². The van der Waals surface area contributed by atoms with E-state index in [-0.39, 0.29) is 5.91 Å². The number of nitrogens with zero attached hydrogens (tertiary/aromatic N) is 4. The second-order valence-electron chi connectivity index (χ2n) is 7.02. The minimum Gasteiger partial charge on any atom is -0.334 e. The van der Waals surface area contributed by atoms with Gasteiger partial charge in [-0.05, 0) is 49.2 Å². The minimum absolute atomic E-state index is 0.0401. The molecule has 1 aliphatic rings. The molecule has 0 N–H and O–H groups in total. The lowest BCUT2D eigenvalue weighted by Gasteiger charge is -2.28. The van der Waals surface area contributed by atoms with Crippen LogP contribution in [0.4, 0.5) is 0 Å². The second-order valence-corrected chi connectivity index (χ2v) is 7.45. The Balaban J connectivity index is 1.47. The van der Waals surface area contributed by atoms with Crippen molar-refractivity contribution >= 4 is 17.5 Å². The number of fused-ring (bicyclic) bond motifs is 1. The molecule has 0 unspecified atom stereocenters. The molecule has 1 amide bonds. The van der Waals surface area contributed by atoms with Crippen molar-refractivity contribution in [3.05, 3.63) is 81.4 Å². The van der Waals surface area contributed by atoms with Crippen molar-refractivity contribution in [3.8, 4) is 0 Å². The number of amides is 1. The van der Waals surface area contributed by atoms with Crippen LogP contribution in [0.25, 0.3) is 0 Å². The van der Waals surface area contributed by atoms with Gasteiger partial charge in [-0.15, -0.1) is 0 Å². The normalized spacial score (nSPS) is 13.5. The van der Waals surface area contributed by atoms with Crippen molar-refractivity contribution in [3.63, 3.8) is 0 Å². The molecule has 0 bridgehead atoms. The van der Waals surface area contributed by atoms with Gasteiger partial charge >= 0.3 is 0 Å². The van der Waals surface area contributed by atoms with Crippen LogP contribution in [0.1, 0.15) is 38.6 Å². The van der Waals surface area contributed by atoms with Crippen LogP contribution in [0.3, 0.4) is 0 Å². The largest absolute Gasteiger partial charge is 0.334 e. The Morgan fingerprint density at radius 1 is 1.19 bits per heavy atom. The lowest BCUT2D eigenvalue weighted by Crippen LogP contribution is -2.36. The van der Waals surface area contributed by atoms with Crippen molar-refractivity contribution in [2.45, 2.75) is 33.4 Å². The lowest BCUT2D eigenvalue weighted by atomic mass is 10.0. The molecule has 2 aromatic heterocycles. The van der Waals surface area contributed by atoms with Crippen LogP contribution < -0.4 is 0 Å². The van der Waals surface area contributed by atoms with E-state index in [1.54, 1.807) is 6.20 Å². The summed E-state index contributed by atoms with van der Waals surface area (Å²) in [5.74, 6) is 0.0401. The predicted octanol–water partition coefficient (Wildman–Crippen LogP) is 3.80. The number of pyridine rings is 1. The van der Waals surface area contributed by atoms with Gasteiger partial charge in [0.1, 0.15) is 0 Å². The van der Waals surface area contributed by atoms with Gasteiger partial charge in [0, 0.05) is 42.7 Å². The summed E-state index contributed by atoms with van der Waals surface area (Å²) in [5.41, 5.74) is 6.03. The van der Waals surface area contributed by atoms with Gasteiger partial charge in [0.2, 0.25) is 0 Å². The first-order valence-electron chi connectivity index (χ1n) is 9.02. The SMILES string of the molecule is Cc1cc(C)n(Cc2ccc(C(=O)N3CCc4ncc(Cl)cc4C3)cc2)n1. The standard InChI is InChI=1S/C21H21ClN4O/c1-14-9-15(2)26(24-14)12-16-3-5-17(6-4-16)21(27)25-8-7-20-18(13-25)10-19(22)11-23-20/h3-6,9-11H,7-8,12-13H2,1-2H3. The van der Waals surface area contributed by atoms with Crippen molar-refractivity contribution in [1.29, 1.82) is 0 Å². The molecule has 0 aliphatic carbocycles. The van der Waals surface area contributed by atoms with Crippen LogP contribution in [-0.2, 0) is 19.5 Å². The van der Waals surface area contributed by atoms with Gasteiger partial charge in [-0.25, -0.2) is 0 Å². The van der Waals surface area contributed by atoms with Crippen LogP contribution in [0.2, 0.25) is 5.02 Å². The number of aromatic nitrogens is 3. The van der Waals surface area contributed by atoms with E-state index in [0.717, 1.165) is 34.6 Å². The summed E-state index contributed by atoms with van der Waals surface area (Å²) in [6, 6.07) is 11.8. The number of carbonyl (C=O) groups excluding carboxylic acids is 1. The van der Waals surface area contributed by atoms with Gasteiger partial charge in [-0.1, -0.05) is 23.7 Å². The monoisotopic (exact) mass is 380 g/mol. The van der Waals surface area contributed by atoms with E-state index in [1.807, 2.05) is 53.8 Å². The van der Waals surface area contributed by atoms with Crippen LogP contribution in [0, 0.1) is 13.8 Å². The Labute approximate surface area is 163 Å². The van der Waals surface area contributed by atoms with Crippen molar-refractivity contribution < 1.29 is 4.79 Å². The second kappa shape index (κ2) is 7.16. The zero-order valence-electron chi connectivity index (χ0n) is 15.4. The van der Waals surface area contributed by atoms with Crippen LogP contribution in [0.15, 0.2) is 42.6 Å². The number of carbonyl (C=O) groups is 1. The summed E-state index contributed by atoms with van der Waals surface area (Å²) >= 11 is 6.04. The van der Waals surface area contributed by atoms with E-state index < -0.39 is 0 Å². The van der Waals surface area contributed by atoms with Crippen LogP contribution in [0.5, 0.6) is 0 Å². The highest BCUT2D eigenvalue weighted by Crippen LogP contribution is 2.22. The topological polar surface area (TPSA) is 51.0 Å². The van der Waals surface area contributed by atoms with E-state index in [0.29, 0.717) is 30.2 Å². The molecule has 0 fully saturated rings. The van der Waals surface area contributed by atoms with E-state index in [2.05, 4.69) is 16.1 Å². The van der Waals surface area contributed by atoms with Crippen molar-refractivity contribution in [1.82, 2.24) is 19.7 Å². The molecule has 0 radical (unpaired) electrons. The molecule has 1 aliphatic heterocycles. The predicted molar refractivity (Wildman–Crippen MR) is 105 cm³/mol. The average molecular weight is 381 g/mol. The fourth-order valence-electron chi connectivity index (χ4n) is 3.51. The Hall–Kier alpha value is -2.66. The first-order chi connectivity index (χ1) is 13.0. The van der Waals surface area contributed by atoms with Gasteiger partial charge in [0.25, 0.3) is 5.91 Å². The summed E-state index contributed by atoms with van der Waals surface area (Å²) in [4.78, 5) is 19.1. The maximum Gasteiger partial charge on any atom is 0.254 e.